The molecular weight excluding hydrogens is 117 g/mol. The number of hydrogen-bond donors (Lipinski definition) is 1. The Morgan fingerprint density at radius 1 is 1.44 bits per heavy atom. The van der Waals surface area contributed by atoms with E-state index >= 15 is 0 Å². The zero-order chi connectivity index (χ0) is 6.32. The van der Waals surface area contributed by atoms with E-state index in [2.05, 4.69) is 5.32 Å². The Labute approximate surface area is 54.6 Å². The van der Waals surface area contributed by atoms with Crippen LogP contribution < -0.4 is 5.32 Å². The average molecular weight is 129 g/mol. The molecule has 2 aliphatic rings. The first-order valence-electron chi connectivity index (χ1n) is 3.68. The predicted octanol–water partition coefficient (Wildman–Crippen LogP) is 1.10. The van der Waals surface area contributed by atoms with Gasteiger partial charge >= 0.3 is 0 Å². The van der Waals surface area contributed by atoms with Gasteiger partial charge in [0.05, 0.1) is 0 Å². The second kappa shape index (κ2) is 1.69. The predicted molar refractivity (Wildman–Crippen MR) is 34.0 cm³/mol. The second-order valence-corrected chi connectivity index (χ2v) is 3.40. The highest BCUT2D eigenvalue weighted by Crippen LogP contribution is 2.39. The molecular formula is C7H12FN. The molecule has 0 atom stereocenters. The zero-order valence-electron chi connectivity index (χ0n) is 5.49. The monoisotopic (exact) mass is 129 g/mol. The van der Waals surface area contributed by atoms with E-state index in [0.29, 0.717) is 13.1 Å². The molecule has 0 bridgehead atoms. The van der Waals surface area contributed by atoms with Gasteiger partial charge in [-0.25, -0.2) is 4.39 Å². The van der Waals surface area contributed by atoms with E-state index in [1.807, 2.05) is 0 Å². The van der Waals surface area contributed by atoms with E-state index in [0.717, 1.165) is 12.3 Å². The molecule has 1 aliphatic heterocycles. The highest BCUT2D eigenvalue weighted by molar-refractivity contribution is 4.97. The Bertz CT molecular complexity index is 116. The van der Waals surface area contributed by atoms with Crippen molar-refractivity contribution in [2.45, 2.75) is 24.9 Å². The first kappa shape index (κ1) is 5.66. The summed E-state index contributed by atoms with van der Waals surface area (Å²) in [6.45, 7) is 1.20. The molecule has 0 aromatic rings. The Kier molecular flexibility index (Phi) is 1.06. The molecule has 0 radical (unpaired) electrons. The van der Waals surface area contributed by atoms with Gasteiger partial charge < -0.3 is 5.32 Å². The van der Waals surface area contributed by atoms with E-state index in [1.54, 1.807) is 0 Å². The molecule has 0 aromatic heterocycles. The maximum absolute atomic E-state index is 13.1. The van der Waals surface area contributed by atoms with Crippen LogP contribution in [0.4, 0.5) is 4.39 Å². The van der Waals surface area contributed by atoms with Crippen LogP contribution in [0.3, 0.4) is 0 Å². The quantitative estimate of drug-likeness (QED) is 0.588. The minimum atomic E-state index is -0.804. The van der Waals surface area contributed by atoms with E-state index in [9.17, 15) is 4.39 Å². The highest BCUT2D eigenvalue weighted by Gasteiger charge is 2.41. The smallest absolute Gasteiger partial charge is 0.136 e. The fourth-order valence-electron chi connectivity index (χ4n) is 1.38. The fraction of sp³-hybridized carbons (Fsp3) is 1.00. The van der Waals surface area contributed by atoms with Gasteiger partial charge in [0.1, 0.15) is 5.67 Å². The largest absolute Gasteiger partial charge is 0.310 e. The Hall–Kier alpha value is -0.110. The maximum atomic E-state index is 13.1. The van der Waals surface area contributed by atoms with Crippen LogP contribution in [0.25, 0.3) is 0 Å². The number of halogens is 1. The number of alkyl halides is 1. The number of rotatable bonds is 2. The van der Waals surface area contributed by atoms with Crippen LogP contribution in [0, 0.1) is 5.92 Å². The molecule has 1 aliphatic carbocycles. The third-order valence-corrected chi connectivity index (χ3v) is 2.24. The van der Waals surface area contributed by atoms with Crippen molar-refractivity contribution in [3.05, 3.63) is 0 Å². The summed E-state index contributed by atoms with van der Waals surface area (Å²) in [4.78, 5) is 0. The average Bonchev–Trinajstić information content (AvgIpc) is 2.46. The van der Waals surface area contributed by atoms with E-state index < -0.39 is 5.67 Å². The minimum absolute atomic E-state index is 0.601. The van der Waals surface area contributed by atoms with Crippen LogP contribution in [-0.4, -0.2) is 18.8 Å². The van der Waals surface area contributed by atoms with Crippen molar-refractivity contribution in [3.8, 4) is 0 Å². The first-order chi connectivity index (χ1) is 4.29. The van der Waals surface area contributed by atoms with E-state index in [4.69, 9.17) is 0 Å². The topological polar surface area (TPSA) is 12.0 Å². The van der Waals surface area contributed by atoms with Gasteiger partial charge in [0.15, 0.2) is 0 Å². The molecule has 0 unspecified atom stereocenters. The summed E-state index contributed by atoms with van der Waals surface area (Å²) in [6.07, 6.45) is 3.36. The van der Waals surface area contributed by atoms with Gasteiger partial charge in [0, 0.05) is 13.1 Å². The van der Waals surface area contributed by atoms with Gasteiger partial charge in [0.2, 0.25) is 0 Å². The summed E-state index contributed by atoms with van der Waals surface area (Å²) in [5, 5.41) is 2.96. The van der Waals surface area contributed by atoms with E-state index in [1.165, 1.54) is 12.8 Å². The SMILES string of the molecule is FC1(CC2CC2)CNC1. The molecule has 1 nitrogen and oxygen atoms in total. The van der Waals surface area contributed by atoms with Gasteiger partial charge in [-0.3, -0.25) is 0 Å². The van der Waals surface area contributed by atoms with Crippen molar-refractivity contribution in [3.63, 3.8) is 0 Å². The third kappa shape index (κ3) is 1.08. The fourth-order valence-corrected chi connectivity index (χ4v) is 1.38. The molecule has 52 valence electrons. The maximum Gasteiger partial charge on any atom is 0.136 e. The Morgan fingerprint density at radius 2 is 2.11 bits per heavy atom. The lowest BCUT2D eigenvalue weighted by atomic mass is 9.93. The first-order valence-corrected chi connectivity index (χ1v) is 3.68. The second-order valence-electron chi connectivity index (χ2n) is 3.40. The Balaban J connectivity index is 1.81. The number of nitrogens with one attached hydrogen (secondary N) is 1. The standard InChI is InChI=1S/C7H12FN/c8-7(4-9-5-7)3-6-1-2-6/h6,9H,1-5H2. The lowest BCUT2D eigenvalue weighted by molar-refractivity contribution is 0.0740. The molecule has 0 aromatic carbocycles. The zero-order valence-corrected chi connectivity index (χ0v) is 5.49. The molecule has 1 heterocycles. The van der Waals surface area contributed by atoms with Gasteiger partial charge in [-0.1, -0.05) is 12.8 Å². The summed E-state index contributed by atoms with van der Waals surface area (Å²) in [6, 6.07) is 0. The molecule has 2 fully saturated rings. The molecule has 2 heteroatoms. The van der Waals surface area contributed by atoms with Crippen molar-refractivity contribution < 1.29 is 4.39 Å². The minimum Gasteiger partial charge on any atom is -0.310 e. The molecule has 9 heavy (non-hydrogen) atoms. The normalized spacial score (nSPS) is 31.7. The van der Waals surface area contributed by atoms with Gasteiger partial charge in [0.25, 0.3) is 0 Å². The summed E-state index contributed by atoms with van der Waals surface area (Å²) in [7, 11) is 0. The van der Waals surface area contributed by atoms with Gasteiger partial charge in [-0.2, -0.15) is 0 Å². The Morgan fingerprint density at radius 3 is 2.44 bits per heavy atom. The summed E-state index contributed by atoms with van der Waals surface area (Å²) in [5.41, 5.74) is -0.804. The summed E-state index contributed by atoms with van der Waals surface area (Å²) >= 11 is 0. The summed E-state index contributed by atoms with van der Waals surface area (Å²) < 4.78 is 13.1. The highest BCUT2D eigenvalue weighted by atomic mass is 19.1. The van der Waals surface area contributed by atoms with Gasteiger partial charge in [-0.15, -0.1) is 0 Å². The number of hydrogen-bond acceptors (Lipinski definition) is 1. The van der Waals surface area contributed by atoms with Crippen LogP contribution in [-0.2, 0) is 0 Å². The van der Waals surface area contributed by atoms with Crippen LogP contribution in [0.1, 0.15) is 19.3 Å². The third-order valence-electron chi connectivity index (χ3n) is 2.24. The molecule has 2 rings (SSSR count). The van der Waals surface area contributed by atoms with Crippen molar-refractivity contribution in [1.82, 2.24) is 5.32 Å². The molecule has 0 spiro atoms. The van der Waals surface area contributed by atoms with Crippen molar-refractivity contribution in [2.75, 3.05) is 13.1 Å². The van der Waals surface area contributed by atoms with Crippen LogP contribution in [0.5, 0.6) is 0 Å². The van der Waals surface area contributed by atoms with Crippen LogP contribution >= 0.6 is 0 Å². The van der Waals surface area contributed by atoms with Crippen LogP contribution in [0.2, 0.25) is 0 Å². The molecule has 0 amide bonds. The van der Waals surface area contributed by atoms with E-state index in [-0.39, 0.29) is 0 Å². The van der Waals surface area contributed by atoms with Crippen molar-refractivity contribution in [2.24, 2.45) is 5.92 Å². The summed E-state index contributed by atoms with van der Waals surface area (Å²) in [5.74, 6) is 0.733. The molecule has 1 saturated heterocycles. The lowest BCUT2D eigenvalue weighted by Gasteiger charge is -2.34. The lowest BCUT2D eigenvalue weighted by Crippen LogP contribution is -2.56. The van der Waals surface area contributed by atoms with Gasteiger partial charge in [-0.05, 0) is 12.3 Å². The van der Waals surface area contributed by atoms with Crippen molar-refractivity contribution in [1.29, 1.82) is 0 Å². The van der Waals surface area contributed by atoms with Crippen molar-refractivity contribution >= 4 is 0 Å². The van der Waals surface area contributed by atoms with Crippen LogP contribution in [0.15, 0.2) is 0 Å². The molecule has 1 N–H and O–H groups in total. The molecule has 1 saturated carbocycles.